The minimum absolute atomic E-state index is 0.634. The number of aromatic nitrogens is 1. The first kappa shape index (κ1) is 11.8. The molecule has 1 aromatic carbocycles. The van der Waals surface area contributed by atoms with Gasteiger partial charge >= 0.3 is 0 Å². The summed E-state index contributed by atoms with van der Waals surface area (Å²) in [6.45, 7) is 0. The zero-order valence-corrected chi connectivity index (χ0v) is 11.2. The van der Waals surface area contributed by atoms with E-state index in [0.29, 0.717) is 4.88 Å². The fourth-order valence-corrected chi connectivity index (χ4v) is 3.24. The number of methoxy groups -OCH3 is 2. The number of rotatable bonds is 2. The van der Waals surface area contributed by atoms with E-state index < -0.39 is 0 Å². The predicted octanol–water partition coefficient (Wildman–Crippen LogP) is 3.34. The molecule has 19 heavy (non-hydrogen) atoms. The number of pyridine rings is 1. The number of ether oxygens (including phenoxy) is 2. The highest BCUT2D eigenvalue weighted by molar-refractivity contribution is 7.20. The Kier molecular flexibility index (Phi) is 2.73. The number of fused-ring (bicyclic) bond motifs is 2. The van der Waals surface area contributed by atoms with Crippen LogP contribution in [0.4, 0.5) is 0 Å². The van der Waals surface area contributed by atoms with E-state index in [1.54, 1.807) is 26.6 Å². The molecule has 3 rings (SSSR count). The molecule has 2 aromatic heterocycles. The van der Waals surface area contributed by atoms with Crippen molar-refractivity contribution in [1.82, 2.24) is 4.98 Å². The molecule has 4 nitrogen and oxygen atoms in total. The van der Waals surface area contributed by atoms with Crippen LogP contribution < -0.4 is 9.47 Å². The van der Waals surface area contributed by atoms with Gasteiger partial charge in [-0.1, -0.05) is 0 Å². The molecule has 0 amide bonds. The van der Waals surface area contributed by atoms with Gasteiger partial charge in [-0.2, -0.15) is 5.26 Å². The smallest absolute Gasteiger partial charge is 0.144 e. The van der Waals surface area contributed by atoms with Gasteiger partial charge in [0, 0.05) is 28.6 Å². The number of thiophene rings is 1. The summed E-state index contributed by atoms with van der Waals surface area (Å²) in [7, 11) is 3.25. The van der Waals surface area contributed by atoms with Crippen molar-refractivity contribution in [3.05, 3.63) is 29.4 Å². The second-order valence-electron chi connectivity index (χ2n) is 3.95. The molecule has 0 atom stereocenters. The summed E-state index contributed by atoms with van der Waals surface area (Å²) < 4.78 is 11.9. The molecule has 0 N–H and O–H groups in total. The highest BCUT2D eigenvalue weighted by Gasteiger charge is 2.17. The number of nitriles is 1. The summed E-state index contributed by atoms with van der Waals surface area (Å²) in [6.07, 6.45) is 3.47. The van der Waals surface area contributed by atoms with Crippen LogP contribution in [-0.4, -0.2) is 19.2 Å². The van der Waals surface area contributed by atoms with Crippen LogP contribution in [0, 0.1) is 11.3 Å². The maximum absolute atomic E-state index is 9.07. The molecule has 0 aliphatic carbocycles. The Morgan fingerprint density at radius 1 is 1.16 bits per heavy atom. The van der Waals surface area contributed by atoms with E-state index in [1.165, 1.54) is 11.3 Å². The van der Waals surface area contributed by atoms with Gasteiger partial charge in [-0.15, -0.1) is 11.3 Å². The average Bonchev–Trinajstić information content (AvgIpc) is 2.88. The van der Waals surface area contributed by atoms with Crippen molar-refractivity contribution in [3.63, 3.8) is 0 Å². The molecule has 5 heteroatoms. The van der Waals surface area contributed by atoms with Gasteiger partial charge in [-0.25, -0.2) is 0 Å². The second kappa shape index (κ2) is 4.41. The third-order valence-electron chi connectivity index (χ3n) is 3.01. The van der Waals surface area contributed by atoms with E-state index in [4.69, 9.17) is 14.7 Å². The van der Waals surface area contributed by atoms with Crippen LogP contribution in [0.25, 0.3) is 20.9 Å². The third-order valence-corrected chi connectivity index (χ3v) is 4.05. The molecule has 0 aliphatic rings. The molecule has 0 fully saturated rings. The number of nitrogens with zero attached hydrogens (tertiary/aromatic N) is 2. The van der Waals surface area contributed by atoms with Gasteiger partial charge in [-0.3, -0.25) is 4.98 Å². The number of hydrogen-bond donors (Lipinski definition) is 0. The van der Waals surface area contributed by atoms with Crippen LogP contribution in [0.15, 0.2) is 24.5 Å². The van der Waals surface area contributed by atoms with Crippen molar-refractivity contribution in [2.24, 2.45) is 0 Å². The zero-order valence-electron chi connectivity index (χ0n) is 10.4. The Hall–Kier alpha value is -2.32. The van der Waals surface area contributed by atoms with Crippen molar-refractivity contribution in [3.8, 4) is 17.6 Å². The molecule has 0 saturated carbocycles. The Morgan fingerprint density at radius 3 is 2.63 bits per heavy atom. The van der Waals surface area contributed by atoms with Crippen LogP contribution in [0.5, 0.6) is 11.5 Å². The summed E-state index contributed by atoms with van der Waals surface area (Å²) in [5.41, 5.74) is 0. The van der Waals surface area contributed by atoms with Gasteiger partial charge in [-0.05, 0) is 12.1 Å². The molecule has 0 radical (unpaired) electrons. The van der Waals surface area contributed by atoms with Crippen molar-refractivity contribution >= 4 is 32.2 Å². The first-order valence-corrected chi connectivity index (χ1v) is 6.43. The van der Waals surface area contributed by atoms with Crippen LogP contribution in [0.1, 0.15) is 4.88 Å². The van der Waals surface area contributed by atoms with Gasteiger partial charge < -0.3 is 9.47 Å². The van der Waals surface area contributed by atoms with E-state index in [-0.39, 0.29) is 0 Å². The molecule has 0 spiro atoms. The van der Waals surface area contributed by atoms with Crippen molar-refractivity contribution in [2.45, 2.75) is 0 Å². The summed E-state index contributed by atoms with van der Waals surface area (Å²) in [5, 5.41) is 11.8. The SMILES string of the molecule is COc1c2cnccc2c(OC)c2sc(C#N)cc12. The van der Waals surface area contributed by atoms with Gasteiger partial charge in [0.15, 0.2) is 0 Å². The molecular formula is C14H10N2O2S. The van der Waals surface area contributed by atoms with Crippen molar-refractivity contribution in [2.75, 3.05) is 14.2 Å². The molecule has 94 valence electrons. The number of hydrogen-bond acceptors (Lipinski definition) is 5. The summed E-state index contributed by atoms with van der Waals surface area (Å²) in [6, 6.07) is 5.88. The van der Waals surface area contributed by atoms with Crippen LogP contribution in [-0.2, 0) is 0 Å². The minimum atomic E-state index is 0.634. The van der Waals surface area contributed by atoms with Crippen LogP contribution in [0.3, 0.4) is 0 Å². The van der Waals surface area contributed by atoms with Gasteiger partial charge in [0.25, 0.3) is 0 Å². The first-order valence-electron chi connectivity index (χ1n) is 5.61. The highest BCUT2D eigenvalue weighted by atomic mass is 32.1. The zero-order chi connectivity index (χ0) is 13.4. The van der Waals surface area contributed by atoms with E-state index >= 15 is 0 Å². The summed E-state index contributed by atoms with van der Waals surface area (Å²) >= 11 is 1.41. The Labute approximate surface area is 113 Å². The van der Waals surface area contributed by atoms with E-state index in [9.17, 15) is 0 Å². The molecule has 0 bridgehead atoms. The van der Waals surface area contributed by atoms with Crippen LogP contribution in [0.2, 0.25) is 0 Å². The predicted molar refractivity (Wildman–Crippen MR) is 74.9 cm³/mol. The molecule has 2 heterocycles. The maximum Gasteiger partial charge on any atom is 0.144 e. The average molecular weight is 270 g/mol. The van der Waals surface area contributed by atoms with E-state index in [0.717, 1.165) is 32.4 Å². The minimum Gasteiger partial charge on any atom is -0.495 e. The molecule has 0 unspecified atom stereocenters. The molecule has 0 saturated heterocycles. The Morgan fingerprint density at radius 2 is 1.95 bits per heavy atom. The van der Waals surface area contributed by atoms with Crippen molar-refractivity contribution < 1.29 is 9.47 Å². The Bertz CT molecular complexity index is 757. The fraction of sp³-hybridized carbons (Fsp3) is 0.143. The largest absolute Gasteiger partial charge is 0.495 e. The van der Waals surface area contributed by atoms with Gasteiger partial charge in [0.05, 0.1) is 18.9 Å². The lowest BCUT2D eigenvalue weighted by molar-refractivity contribution is 0.418. The van der Waals surface area contributed by atoms with Crippen LogP contribution >= 0.6 is 11.3 Å². The lowest BCUT2D eigenvalue weighted by Crippen LogP contribution is -1.91. The summed E-state index contributed by atoms with van der Waals surface area (Å²) in [4.78, 5) is 4.77. The quantitative estimate of drug-likeness (QED) is 0.716. The molecule has 3 aromatic rings. The fourth-order valence-electron chi connectivity index (χ4n) is 2.25. The number of benzene rings is 1. The van der Waals surface area contributed by atoms with Gasteiger partial charge in [0.1, 0.15) is 22.4 Å². The topological polar surface area (TPSA) is 55.1 Å². The lowest BCUT2D eigenvalue weighted by Gasteiger charge is -2.11. The molecular weight excluding hydrogens is 260 g/mol. The lowest BCUT2D eigenvalue weighted by atomic mass is 10.1. The monoisotopic (exact) mass is 270 g/mol. The maximum atomic E-state index is 9.07. The third kappa shape index (κ3) is 1.61. The normalized spacial score (nSPS) is 10.6. The summed E-state index contributed by atoms with van der Waals surface area (Å²) in [5.74, 6) is 1.50. The standard InChI is InChI=1S/C14H10N2O2S/c1-17-12-10-5-8(6-15)19-14(10)13(18-2)9-3-4-16-7-11(9)12/h3-5,7H,1-2H3. The highest BCUT2D eigenvalue weighted by Crippen LogP contribution is 2.45. The van der Waals surface area contributed by atoms with Gasteiger partial charge in [0.2, 0.25) is 0 Å². The second-order valence-corrected chi connectivity index (χ2v) is 5.01. The van der Waals surface area contributed by atoms with E-state index in [2.05, 4.69) is 11.1 Å². The Balaban J connectivity index is 2.59. The van der Waals surface area contributed by atoms with E-state index in [1.807, 2.05) is 12.1 Å². The molecule has 0 aliphatic heterocycles. The first-order chi connectivity index (χ1) is 9.30. The van der Waals surface area contributed by atoms with Crippen molar-refractivity contribution in [1.29, 1.82) is 5.26 Å².